The number of carbonyl (C=O) groups is 1. The number of aromatic nitrogens is 4. The maximum absolute atomic E-state index is 12.7. The van der Waals surface area contributed by atoms with Gasteiger partial charge in [0.15, 0.2) is 0 Å². The Morgan fingerprint density at radius 3 is 2.63 bits per heavy atom. The molecule has 152 valence electrons. The lowest BCUT2D eigenvalue weighted by atomic mass is 10.1. The van der Waals surface area contributed by atoms with E-state index in [9.17, 15) is 4.79 Å². The molecule has 4 rings (SSSR count). The number of benzene rings is 2. The van der Waals surface area contributed by atoms with Crippen LogP contribution < -0.4 is 5.32 Å². The minimum Gasteiger partial charge on any atom is -0.330 e. The minimum atomic E-state index is -0.138. The van der Waals surface area contributed by atoms with Gasteiger partial charge in [-0.15, -0.1) is 0 Å². The number of nitrogens with one attached hydrogen (secondary N) is 1. The molecule has 1 amide bonds. The van der Waals surface area contributed by atoms with Gasteiger partial charge in [0.05, 0.1) is 11.9 Å². The molecule has 0 aliphatic rings. The summed E-state index contributed by atoms with van der Waals surface area (Å²) in [6.45, 7) is 6.98. The number of rotatable bonds is 6. The summed E-state index contributed by atoms with van der Waals surface area (Å²) >= 11 is 0. The average molecular weight is 399 g/mol. The van der Waals surface area contributed by atoms with Crippen LogP contribution >= 0.6 is 0 Å². The van der Waals surface area contributed by atoms with Crippen LogP contribution in [0.4, 0.5) is 5.69 Å². The predicted octanol–water partition coefficient (Wildman–Crippen LogP) is 4.80. The van der Waals surface area contributed by atoms with Crippen LogP contribution in [0.25, 0.3) is 5.69 Å². The van der Waals surface area contributed by atoms with Crippen molar-refractivity contribution < 1.29 is 4.79 Å². The molecule has 2 heterocycles. The van der Waals surface area contributed by atoms with Crippen LogP contribution in [0.3, 0.4) is 0 Å². The van der Waals surface area contributed by atoms with Crippen molar-refractivity contribution in [3.63, 3.8) is 0 Å². The topological polar surface area (TPSA) is 64.7 Å². The van der Waals surface area contributed by atoms with Gasteiger partial charge in [-0.05, 0) is 54.4 Å². The summed E-state index contributed by atoms with van der Waals surface area (Å²) in [7, 11) is 0. The molecule has 0 aliphatic carbocycles. The maximum Gasteiger partial charge on any atom is 0.255 e. The largest absolute Gasteiger partial charge is 0.330 e. The SMILES string of the molecule is Cc1cnn(-c2ccc(C(=O)Nc3cccc(Cn4ccnc4C(C)C)c3)cc2)c1. The molecule has 2 aromatic heterocycles. The normalized spacial score (nSPS) is 11.1. The van der Waals surface area contributed by atoms with Gasteiger partial charge in [-0.3, -0.25) is 4.79 Å². The van der Waals surface area contributed by atoms with Crippen LogP contribution in [0.15, 0.2) is 73.3 Å². The molecule has 0 saturated heterocycles. The van der Waals surface area contributed by atoms with E-state index in [1.54, 1.807) is 4.68 Å². The van der Waals surface area contributed by atoms with E-state index in [2.05, 4.69) is 39.9 Å². The summed E-state index contributed by atoms with van der Waals surface area (Å²) in [5.41, 5.74) is 4.49. The average Bonchev–Trinajstić information content (AvgIpc) is 3.37. The number of hydrogen-bond donors (Lipinski definition) is 1. The van der Waals surface area contributed by atoms with Gasteiger partial charge in [-0.25, -0.2) is 9.67 Å². The van der Waals surface area contributed by atoms with Crippen LogP contribution in [0.1, 0.15) is 47.1 Å². The molecule has 0 atom stereocenters. The highest BCUT2D eigenvalue weighted by atomic mass is 16.1. The van der Waals surface area contributed by atoms with Crippen molar-refractivity contribution in [1.82, 2.24) is 19.3 Å². The van der Waals surface area contributed by atoms with E-state index in [0.29, 0.717) is 11.5 Å². The molecule has 0 bridgehead atoms. The molecule has 0 fully saturated rings. The molecule has 2 aromatic carbocycles. The van der Waals surface area contributed by atoms with Gasteiger partial charge in [-0.2, -0.15) is 5.10 Å². The number of nitrogens with zero attached hydrogens (tertiary/aromatic N) is 4. The molecule has 30 heavy (non-hydrogen) atoms. The summed E-state index contributed by atoms with van der Waals surface area (Å²) in [6.07, 6.45) is 7.57. The third-order valence-electron chi connectivity index (χ3n) is 4.91. The predicted molar refractivity (Wildman–Crippen MR) is 118 cm³/mol. The Balaban J connectivity index is 1.46. The number of amides is 1. The first-order chi connectivity index (χ1) is 14.5. The first kappa shape index (κ1) is 19.6. The number of aryl methyl sites for hydroxylation is 1. The standard InChI is InChI=1S/C24H25N5O/c1-17(2)23-25-11-12-28(23)16-19-5-4-6-21(13-19)27-24(30)20-7-9-22(10-8-20)29-15-18(3)14-26-29/h4-15,17H,16H2,1-3H3,(H,27,30). The van der Waals surface area contributed by atoms with Crippen LogP contribution in [0.5, 0.6) is 0 Å². The van der Waals surface area contributed by atoms with Gasteiger partial charge in [-0.1, -0.05) is 26.0 Å². The molecule has 0 unspecified atom stereocenters. The minimum absolute atomic E-state index is 0.138. The highest BCUT2D eigenvalue weighted by Crippen LogP contribution is 2.18. The van der Waals surface area contributed by atoms with E-state index < -0.39 is 0 Å². The number of hydrogen-bond acceptors (Lipinski definition) is 3. The number of carbonyl (C=O) groups excluding carboxylic acids is 1. The van der Waals surface area contributed by atoms with Gasteiger partial charge < -0.3 is 9.88 Å². The van der Waals surface area contributed by atoms with Crippen molar-refractivity contribution in [3.05, 3.63) is 95.8 Å². The van der Waals surface area contributed by atoms with Crippen molar-refractivity contribution in [3.8, 4) is 5.69 Å². The quantitative estimate of drug-likeness (QED) is 0.506. The summed E-state index contributed by atoms with van der Waals surface area (Å²) < 4.78 is 3.93. The Bertz CT molecular complexity index is 1150. The smallest absolute Gasteiger partial charge is 0.255 e. The molecule has 0 saturated carbocycles. The molecular formula is C24H25N5O. The van der Waals surface area contributed by atoms with Crippen molar-refractivity contribution in [2.24, 2.45) is 0 Å². The van der Waals surface area contributed by atoms with E-state index in [1.807, 2.05) is 74.2 Å². The molecule has 0 radical (unpaired) electrons. The second-order valence-electron chi connectivity index (χ2n) is 7.73. The Labute approximate surface area is 176 Å². The summed E-state index contributed by atoms with van der Waals surface area (Å²) in [5.74, 6) is 1.27. The lowest BCUT2D eigenvalue weighted by molar-refractivity contribution is 0.102. The van der Waals surface area contributed by atoms with Gasteiger partial charge >= 0.3 is 0 Å². The zero-order chi connectivity index (χ0) is 21.1. The molecule has 4 aromatic rings. The molecular weight excluding hydrogens is 374 g/mol. The van der Waals surface area contributed by atoms with Crippen LogP contribution in [-0.4, -0.2) is 25.2 Å². The summed E-state index contributed by atoms with van der Waals surface area (Å²) in [5, 5.41) is 7.29. The first-order valence-electron chi connectivity index (χ1n) is 10.0. The molecule has 6 nitrogen and oxygen atoms in total. The van der Waals surface area contributed by atoms with Gasteiger partial charge in [0.25, 0.3) is 5.91 Å². The fraction of sp³-hybridized carbons (Fsp3) is 0.208. The molecule has 6 heteroatoms. The third kappa shape index (κ3) is 4.33. The van der Waals surface area contributed by atoms with E-state index in [0.717, 1.165) is 34.9 Å². The number of imidazole rings is 1. The van der Waals surface area contributed by atoms with Crippen LogP contribution in [0.2, 0.25) is 0 Å². The summed E-state index contributed by atoms with van der Waals surface area (Å²) in [6, 6.07) is 15.3. The zero-order valence-corrected chi connectivity index (χ0v) is 17.4. The fourth-order valence-electron chi connectivity index (χ4n) is 3.42. The monoisotopic (exact) mass is 399 g/mol. The zero-order valence-electron chi connectivity index (χ0n) is 17.4. The molecule has 0 aliphatic heterocycles. The van der Waals surface area contributed by atoms with E-state index in [-0.39, 0.29) is 5.91 Å². The van der Waals surface area contributed by atoms with Crippen LogP contribution in [0, 0.1) is 6.92 Å². The Morgan fingerprint density at radius 1 is 1.13 bits per heavy atom. The van der Waals surface area contributed by atoms with Crippen LogP contribution in [-0.2, 0) is 6.54 Å². The fourth-order valence-corrected chi connectivity index (χ4v) is 3.42. The lowest BCUT2D eigenvalue weighted by Gasteiger charge is -2.12. The molecule has 0 spiro atoms. The second kappa shape index (κ2) is 8.37. The van der Waals surface area contributed by atoms with Crippen molar-refractivity contribution >= 4 is 11.6 Å². The van der Waals surface area contributed by atoms with E-state index in [1.165, 1.54) is 0 Å². The first-order valence-corrected chi connectivity index (χ1v) is 10.0. The van der Waals surface area contributed by atoms with Crippen molar-refractivity contribution in [1.29, 1.82) is 0 Å². The Kier molecular flexibility index (Phi) is 5.48. The number of anilines is 1. The van der Waals surface area contributed by atoms with E-state index in [4.69, 9.17) is 0 Å². The van der Waals surface area contributed by atoms with Gasteiger partial charge in [0, 0.05) is 42.3 Å². The van der Waals surface area contributed by atoms with Gasteiger partial charge in [0.1, 0.15) is 5.82 Å². The van der Waals surface area contributed by atoms with Gasteiger partial charge in [0.2, 0.25) is 0 Å². The molecule has 1 N–H and O–H groups in total. The van der Waals surface area contributed by atoms with Crippen molar-refractivity contribution in [2.45, 2.75) is 33.2 Å². The van der Waals surface area contributed by atoms with Crippen molar-refractivity contribution in [2.75, 3.05) is 5.32 Å². The highest BCUT2D eigenvalue weighted by Gasteiger charge is 2.10. The maximum atomic E-state index is 12.7. The van der Waals surface area contributed by atoms with E-state index >= 15 is 0 Å². The highest BCUT2D eigenvalue weighted by molar-refractivity contribution is 6.04. The summed E-state index contributed by atoms with van der Waals surface area (Å²) in [4.78, 5) is 17.1. The Morgan fingerprint density at radius 2 is 1.93 bits per heavy atom. The third-order valence-corrected chi connectivity index (χ3v) is 4.91. The lowest BCUT2D eigenvalue weighted by Crippen LogP contribution is -2.12. The second-order valence-corrected chi connectivity index (χ2v) is 7.73. The Hall–Kier alpha value is -3.67.